The normalized spacial score (nSPS) is 10.1. The SMILES string of the molecule is O=C(NCCc1ccncc1)NC(=O)c1c(F)cccc1F. The van der Waals surface area contributed by atoms with E-state index < -0.39 is 29.1 Å². The molecule has 0 aliphatic carbocycles. The van der Waals surface area contributed by atoms with Crippen molar-refractivity contribution < 1.29 is 18.4 Å². The number of benzene rings is 1. The molecule has 1 aromatic heterocycles. The Balaban J connectivity index is 1.85. The lowest BCUT2D eigenvalue weighted by atomic mass is 10.2. The number of carbonyl (C=O) groups is 2. The fourth-order valence-electron chi connectivity index (χ4n) is 1.79. The summed E-state index contributed by atoms with van der Waals surface area (Å²) in [7, 11) is 0. The third-order valence-corrected chi connectivity index (χ3v) is 2.87. The highest BCUT2D eigenvalue weighted by Crippen LogP contribution is 2.11. The number of hydrogen-bond acceptors (Lipinski definition) is 3. The first kappa shape index (κ1) is 15.6. The second kappa shape index (κ2) is 7.26. The van der Waals surface area contributed by atoms with Gasteiger partial charge in [-0.15, -0.1) is 0 Å². The molecule has 0 saturated carbocycles. The van der Waals surface area contributed by atoms with Crippen molar-refractivity contribution in [3.63, 3.8) is 0 Å². The third kappa shape index (κ3) is 4.08. The second-order valence-corrected chi connectivity index (χ2v) is 4.41. The van der Waals surface area contributed by atoms with E-state index >= 15 is 0 Å². The molecule has 2 rings (SSSR count). The molecule has 0 unspecified atom stereocenters. The number of hydrogen-bond donors (Lipinski definition) is 2. The Morgan fingerprint density at radius 3 is 2.32 bits per heavy atom. The van der Waals surface area contributed by atoms with Gasteiger partial charge in [-0.2, -0.15) is 0 Å². The van der Waals surface area contributed by atoms with Crippen molar-refractivity contribution in [2.24, 2.45) is 0 Å². The summed E-state index contributed by atoms with van der Waals surface area (Å²) < 4.78 is 26.8. The van der Waals surface area contributed by atoms with Crippen molar-refractivity contribution in [1.82, 2.24) is 15.6 Å². The fraction of sp³-hybridized carbons (Fsp3) is 0.133. The predicted molar refractivity (Wildman–Crippen MR) is 75.2 cm³/mol. The van der Waals surface area contributed by atoms with Crippen molar-refractivity contribution in [2.45, 2.75) is 6.42 Å². The average Bonchev–Trinajstić information content (AvgIpc) is 2.48. The standard InChI is InChI=1S/C15H13F2N3O2/c16-11-2-1-3-12(17)13(11)14(21)20-15(22)19-9-6-10-4-7-18-8-5-10/h1-5,7-8H,6,9H2,(H2,19,20,21,22). The van der Waals surface area contributed by atoms with Crippen LogP contribution in [0.2, 0.25) is 0 Å². The van der Waals surface area contributed by atoms with E-state index in [1.807, 2.05) is 5.32 Å². The van der Waals surface area contributed by atoms with E-state index in [1.165, 1.54) is 0 Å². The van der Waals surface area contributed by atoms with Crippen LogP contribution in [0.25, 0.3) is 0 Å². The molecule has 0 aliphatic rings. The van der Waals surface area contributed by atoms with Gasteiger partial charge in [0.05, 0.1) is 0 Å². The summed E-state index contributed by atoms with van der Waals surface area (Å²) in [6.07, 6.45) is 3.79. The topological polar surface area (TPSA) is 71.1 Å². The highest BCUT2D eigenvalue weighted by atomic mass is 19.1. The van der Waals surface area contributed by atoms with Crippen LogP contribution in [0, 0.1) is 11.6 Å². The number of aromatic nitrogens is 1. The number of nitrogens with zero attached hydrogens (tertiary/aromatic N) is 1. The summed E-state index contributed by atoms with van der Waals surface area (Å²) >= 11 is 0. The van der Waals surface area contributed by atoms with Gasteiger partial charge < -0.3 is 5.32 Å². The van der Waals surface area contributed by atoms with Crippen LogP contribution >= 0.6 is 0 Å². The van der Waals surface area contributed by atoms with E-state index in [2.05, 4.69) is 10.3 Å². The van der Waals surface area contributed by atoms with E-state index in [1.54, 1.807) is 24.5 Å². The van der Waals surface area contributed by atoms with Gasteiger partial charge in [0.15, 0.2) is 0 Å². The Kier molecular flexibility index (Phi) is 5.13. The highest BCUT2D eigenvalue weighted by molar-refractivity contribution is 6.04. The van der Waals surface area contributed by atoms with Crippen LogP contribution in [-0.4, -0.2) is 23.5 Å². The van der Waals surface area contributed by atoms with Crippen LogP contribution in [-0.2, 0) is 6.42 Å². The molecule has 0 bridgehead atoms. The molecule has 0 spiro atoms. The largest absolute Gasteiger partial charge is 0.337 e. The van der Waals surface area contributed by atoms with Crippen molar-refractivity contribution in [3.05, 3.63) is 65.5 Å². The van der Waals surface area contributed by atoms with E-state index in [-0.39, 0.29) is 6.54 Å². The van der Waals surface area contributed by atoms with Gasteiger partial charge in [0.1, 0.15) is 17.2 Å². The maximum atomic E-state index is 13.4. The Morgan fingerprint density at radius 2 is 1.68 bits per heavy atom. The molecule has 1 aromatic carbocycles. The molecule has 0 fully saturated rings. The van der Waals surface area contributed by atoms with Crippen molar-refractivity contribution in [1.29, 1.82) is 0 Å². The van der Waals surface area contributed by atoms with Crippen LogP contribution in [0.3, 0.4) is 0 Å². The van der Waals surface area contributed by atoms with Gasteiger partial charge in [-0.25, -0.2) is 13.6 Å². The Labute approximate surface area is 125 Å². The molecule has 5 nitrogen and oxygen atoms in total. The van der Waals surface area contributed by atoms with Crippen LogP contribution in [0.1, 0.15) is 15.9 Å². The van der Waals surface area contributed by atoms with Gasteiger partial charge in [0, 0.05) is 18.9 Å². The maximum absolute atomic E-state index is 13.4. The molecular formula is C15H13F2N3O2. The van der Waals surface area contributed by atoms with E-state index in [9.17, 15) is 18.4 Å². The number of carbonyl (C=O) groups excluding carboxylic acids is 2. The average molecular weight is 305 g/mol. The molecule has 0 radical (unpaired) electrons. The van der Waals surface area contributed by atoms with Gasteiger partial charge in [-0.05, 0) is 36.2 Å². The lowest BCUT2D eigenvalue weighted by molar-refractivity contribution is 0.0956. The van der Waals surface area contributed by atoms with Crippen molar-refractivity contribution in [3.8, 4) is 0 Å². The number of rotatable bonds is 4. The zero-order valence-electron chi connectivity index (χ0n) is 11.5. The van der Waals surface area contributed by atoms with Gasteiger partial charge in [0.2, 0.25) is 0 Å². The molecule has 2 aromatic rings. The van der Waals surface area contributed by atoms with E-state index in [0.717, 1.165) is 23.8 Å². The van der Waals surface area contributed by atoms with Crippen molar-refractivity contribution in [2.75, 3.05) is 6.54 Å². The minimum Gasteiger partial charge on any atom is -0.337 e. The monoisotopic (exact) mass is 305 g/mol. The lowest BCUT2D eigenvalue weighted by Crippen LogP contribution is -2.40. The number of imide groups is 1. The van der Waals surface area contributed by atoms with Crippen LogP contribution in [0.4, 0.5) is 13.6 Å². The number of amides is 3. The van der Waals surface area contributed by atoms with Gasteiger partial charge >= 0.3 is 6.03 Å². The molecule has 2 N–H and O–H groups in total. The lowest BCUT2D eigenvalue weighted by Gasteiger charge is -2.08. The predicted octanol–water partition coefficient (Wildman–Crippen LogP) is 2.04. The quantitative estimate of drug-likeness (QED) is 0.908. The Hall–Kier alpha value is -2.83. The number of pyridine rings is 1. The number of nitrogens with one attached hydrogen (secondary N) is 2. The summed E-state index contributed by atoms with van der Waals surface area (Å²) in [6, 6.07) is 5.79. The second-order valence-electron chi connectivity index (χ2n) is 4.41. The third-order valence-electron chi connectivity index (χ3n) is 2.87. The molecule has 114 valence electrons. The molecule has 0 aliphatic heterocycles. The Bertz CT molecular complexity index is 657. The van der Waals surface area contributed by atoms with E-state index in [0.29, 0.717) is 6.42 Å². The number of halogens is 2. The maximum Gasteiger partial charge on any atom is 0.321 e. The van der Waals surface area contributed by atoms with Gasteiger partial charge in [-0.1, -0.05) is 6.07 Å². The smallest absolute Gasteiger partial charge is 0.321 e. The molecule has 22 heavy (non-hydrogen) atoms. The molecule has 3 amide bonds. The van der Waals surface area contributed by atoms with Gasteiger partial charge in [-0.3, -0.25) is 15.1 Å². The molecule has 1 heterocycles. The summed E-state index contributed by atoms with van der Waals surface area (Å²) in [5, 5.41) is 4.32. The Morgan fingerprint density at radius 1 is 1.05 bits per heavy atom. The van der Waals surface area contributed by atoms with Crippen LogP contribution < -0.4 is 10.6 Å². The van der Waals surface area contributed by atoms with Gasteiger partial charge in [0.25, 0.3) is 5.91 Å². The molecule has 0 atom stereocenters. The van der Waals surface area contributed by atoms with Crippen LogP contribution in [0.15, 0.2) is 42.7 Å². The summed E-state index contributed by atoms with van der Waals surface area (Å²) in [5.41, 5.74) is 0.175. The van der Waals surface area contributed by atoms with E-state index in [4.69, 9.17) is 0 Å². The van der Waals surface area contributed by atoms with Crippen molar-refractivity contribution >= 4 is 11.9 Å². The minimum absolute atomic E-state index is 0.267. The molecule has 7 heteroatoms. The first-order valence-electron chi connectivity index (χ1n) is 6.50. The minimum atomic E-state index is -1.13. The summed E-state index contributed by atoms with van der Waals surface area (Å²) in [6.45, 7) is 0.267. The van der Waals surface area contributed by atoms with Crippen LogP contribution in [0.5, 0.6) is 0 Å². The first-order chi connectivity index (χ1) is 10.6. The fourth-order valence-corrected chi connectivity index (χ4v) is 1.79. The molecular weight excluding hydrogens is 292 g/mol. The summed E-state index contributed by atoms with van der Waals surface area (Å²) in [5.74, 6) is -3.18. The molecule has 0 saturated heterocycles. The zero-order chi connectivity index (χ0) is 15.9. The number of urea groups is 1. The first-order valence-corrected chi connectivity index (χ1v) is 6.50. The highest BCUT2D eigenvalue weighted by Gasteiger charge is 2.18. The summed E-state index contributed by atoms with van der Waals surface area (Å²) in [4.78, 5) is 27.1. The zero-order valence-corrected chi connectivity index (χ0v) is 11.5.